The Bertz CT molecular complexity index is 470. The summed E-state index contributed by atoms with van der Waals surface area (Å²) < 4.78 is 22.7. The van der Waals surface area contributed by atoms with Crippen LogP contribution in [-0.4, -0.2) is 103 Å². The lowest BCUT2D eigenvalue weighted by Crippen LogP contribution is -2.60. The van der Waals surface area contributed by atoms with E-state index in [-0.39, 0.29) is 24.7 Å². The molecule has 10 nitrogen and oxygen atoms in total. The summed E-state index contributed by atoms with van der Waals surface area (Å²) in [6, 6.07) is -0.984. The second kappa shape index (κ2) is 12.3. The van der Waals surface area contributed by atoms with Gasteiger partial charge < -0.3 is 44.9 Å². The van der Waals surface area contributed by atoms with Gasteiger partial charge in [-0.2, -0.15) is 0 Å². The number of hydrogen-bond donors (Lipinski definition) is 6. The van der Waals surface area contributed by atoms with Crippen molar-refractivity contribution >= 4 is 17.1 Å². The van der Waals surface area contributed by atoms with Crippen molar-refractivity contribution in [2.24, 2.45) is 0 Å². The van der Waals surface area contributed by atoms with Crippen LogP contribution in [0.4, 0.5) is 0 Å². The van der Waals surface area contributed by atoms with Gasteiger partial charge in [-0.25, -0.2) is 0 Å². The molecule has 1 heterocycles. The average molecular weight is 428 g/mol. The zero-order chi connectivity index (χ0) is 21.4. The zero-order valence-electron chi connectivity index (χ0n) is 16.4. The highest BCUT2D eigenvalue weighted by Crippen LogP contribution is 2.24. The number of aliphatic hydroxyl groups excluding tert-OH is 5. The summed E-state index contributed by atoms with van der Waals surface area (Å²) >= 11 is -1.29. The lowest BCUT2D eigenvalue weighted by molar-refractivity contribution is -0.294. The normalized spacial score (nSPS) is 32.4. The van der Waals surface area contributed by atoms with E-state index < -0.39 is 60.1 Å². The Balaban J connectivity index is 2.78. The first-order valence-corrected chi connectivity index (χ1v) is 10.9. The van der Waals surface area contributed by atoms with Crippen LogP contribution in [0, 0.1) is 0 Å². The summed E-state index contributed by atoms with van der Waals surface area (Å²) in [4.78, 5) is 11.9. The van der Waals surface area contributed by atoms with Gasteiger partial charge in [0.25, 0.3) is 0 Å². The average Bonchev–Trinajstić information content (AvgIpc) is 2.65. The first-order chi connectivity index (χ1) is 13.1. The summed E-state index contributed by atoms with van der Waals surface area (Å²) in [5.74, 6) is -0.0514. The fourth-order valence-electron chi connectivity index (χ4n) is 2.76. The van der Waals surface area contributed by atoms with Gasteiger partial charge in [0.15, 0.2) is 6.29 Å². The van der Waals surface area contributed by atoms with Crippen LogP contribution in [0.15, 0.2) is 0 Å². The molecular formula is C17H33NO9S. The third-order valence-electron chi connectivity index (χ3n) is 4.51. The Morgan fingerprint density at radius 2 is 1.86 bits per heavy atom. The molecule has 28 heavy (non-hydrogen) atoms. The van der Waals surface area contributed by atoms with E-state index in [1.165, 1.54) is 6.92 Å². The Morgan fingerprint density at radius 3 is 2.39 bits per heavy atom. The van der Waals surface area contributed by atoms with Crippen molar-refractivity contribution in [3.63, 3.8) is 0 Å². The van der Waals surface area contributed by atoms with E-state index in [9.17, 15) is 34.9 Å². The van der Waals surface area contributed by atoms with Gasteiger partial charge in [-0.05, 0) is 20.3 Å². The Kier molecular flexibility index (Phi) is 11.2. The van der Waals surface area contributed by atoms with Gasteiger partial charge in [0.2, 0.25) is 5.91 Å². The van der Waals surface area contributed by atoms with E-state index in [4.69, 9.17) is 9.47 Å². The molecule has 6 N–H and O–H groups in total. The van der Waals surface area contributed by atoms with Crippen molar-refractivity contribution in [2.75, 3.05) is 18.1 Å². The topological polar surface area (TPSA) is 172 Å². The number of aliphatic hydroxyl groups is 5. The molecule has 0 aliphatic carbocycles. The first-order valence-electron chi connectivity index (χ1n) is 9.44. The van der Waals surface area contributed by atoms with E-state index >= 15 is 0 Å². The van der Waals surface area contributed by atoms with Gasteiger partial charge in [0.1, 0.15) is 42.0 Å². The van der Waals surface area contributed by atoms with Crippen molar-refractivity contribution in [1.82, 2.24) is 5.32 Å². The summed E-state index contributed by atoms with van der Waals surface area (Å²) in [5.41, 5.74) is 0. The molecule has 1 amide bonds. The molecule has 9 atom stereocenters. The quantitative estimate of drug-likeness (QED) is 0.197. The summed E-state index contributed by atoms with van der Waals surface area (Å²) in [6.45, 7) is 4.54. The van der Waals surface area contributed by atoms with Gasteiger partial charge in [-0.3, -0.25) is 4.79 Å². The molecule has 0 bridgehead atoms. The molecule has 6 unspecified atom stereocenters. The Labute approximate surface area is 168 Å². The highest BCUT2D eigenvalue weighted by Gasteiger charge is 2.46. The van der Waals surface area contributed by atoms with E-state index in [2.05, 4.69) is 5.32 Å². The predicted molar refractivity (Wildman–Crippen MR) is 101 cm³/mol. The molecule has 0 spiro atoms. The third kappa shape index (κ3) is 7.39. The van der Waals surface area contributed by atoms with E-state index in [1.54, 1.807) is 6.92 Å². The van der Waals surface area contributed by atoms with Crippen LogP contribution < -0.4 is 5.32 Å². The smallest absolute Gasteiger partial charge is 0.220 e. The molecule has 0 saturated carbocycles. The molecule has 0 aromatic carbocycles. The highest BCUT2D eigenvalue weighted by molar-refractivity contribution is 7.91. The van der Waals surface area contributed by atoms with Crippen LogP contribution in [-0.2, 0) is 25.4 Å². The number of ether oxygens (including phenoxy) is 2. The SMILES string of the molecule is CCCC(=O)N[C@@H](COC1OC(C[S+]([O-])CC)C(O)C(O)C1O)[C@H](O)[C@@H](C)O. The molecule has 0 aromatic rings. The number of hydrogen-bond acceptors (Lipinski definition) is 9. The van der Waals surface area contributed by atoms with Crippen molar-refractivity contribution < 1.29 is 44.4 Å². The maximum atomic E-state index is 11.9. The monoisotopic (exact) mass is 427 g/mol. The second-order valence-corrected chi connectivity index (χ2v) is 8.69. The third-order valence-corrected chi connectivity index (χ3v) is 5.85. The number of carbonyl (C=O) groups is 1. The fourth-order valence-corrected chi connectivity index (χ4v) is 3.64. The minimum absolute atomic E-state index is 0.0474. The zero-order valence-corrected chi connectivity index (χ0v) is 17.2. The predicted octanol–water partition coefficient (Wildman–Crippen LogP) is -2.39. The largest absolute Gasteiger partial charge is 0.616 e. The first kappa shape index (κ1) is 25.5. The van der Waals surface area contributed by atoms with Crippen molar-refractivity contribution in [3.8, 4) is 0 Å². The molecule has 1 fully saturated rings. The van der Waals surface area contributed by atoms with Gasteiger partial charge in [0, 0.05) is 6.42 Å². The molecule has 1 aliphatic heterocycles. The maximum Gasteiger partial charge on any atom is 0.220 e. The van der Waals surface area contributed by atoms with Gasteiger partial charge in [-0.15, -0.1) is 0 Å². The van der Waals surface area contributed by atoms with E-state index in [1.807, 2.05) is 6.92 Å². The molecular weight excluding hydrogens is 394 g/mol. The van der Waals surface area contributed by atoms with E-state index in [0.29, 0.717) is 12.2 Å². The van der Waals surface area contributed by atoms with Crippen molar-refractivity contribution in [2.45, 2.75) is 82.6 Å². The van der Waals surface area contributed by atoms with Gasteiger partial charge in [-0.1, -0.05) is 18.1 Å². The van der Waals surface area contributed by atoms with Crippen LogP contribution in [0.2, 0.25) is 0 Å². The van der Waals surface area contributed by atoms with Crippen LogP contribution in [0.5, 0.6) is 0 Å². The van der Waals surface area contributed by atoms with Crippen LogP contribution in [0.1, 0.15) is 33.6 Å². The van der Waals surface area contributed by atoms with Crippen LogP contribution in [0.25, 0.3) is 0 Å². The Hall–Kier alpha value is -0.500. The van der Waals surface area contributed by atoms with Crippen molar-refractivity contribution in [3.05, 3.63) is 0 Å². The highest BCUT2D eigenvalue weighted by atomic mass is 32.2. The van der Waals surface area contributed by atoms with E-state index in [0.717, 1.165) is 0 Å². The molecule has 166 valence electrons. The lowest BCUT2D eigenvalue weighted by atomic mass is 10.00. The minimum atomic E-state index is -1.59. The van der Waals surface area contributed by atoms with Crippen molar-refractivity contribution in [1.29, 1.82) is 0 Å². The molecule has 0 radical (unpaired) electrons. The minimum Gasteiger partial charge on any atom is -0.616 e. The standard InChI is InChI=1S/C17H33NO9S/c1-4-6-12(20)18-10(13(21)9(3)19)7-26-17-16(24)15(23)14(22)11(27-17)8-28(25)5-2/h9-11,13-17,19,21-24H,4-8H2,1-3H3,(H,18,20)/t9-,10+,11?,13-,14?,15?,16?,17?,28?/m1/s1. The number of carbonyl (C=O) groups excluding carboxylic acids is 1. The van der Waals surface area contributed by atoms with Crippen LogP contribution >= 0.6 is 0 Å². The Morgan fingerprint density at radius 1 is 1.21 bits per heavy atom. The second-order valence-electron chi connectivity index (χ2n) is 6.90. The van der Waals surface area contributed by atoms with Gasteiger partial charge in [0.05, 0.1) is 18.8 Å². The van der Waals surface area contributed by atoms with Gasteiger partial charge >= 0.3 is 0 Å². The fraction of sp³-hybridized carbons (Fsp3) is 0.941. The summed E-state index contributed by atoms with van der Waals surface area (Å²) in [6.07, 6.45) is -8.66. The molecule has 1 saturated heterocycles. The summed E-state index contributed by atoms with van der Waals surface area (Å²) in [5, 5.41) is 52.5. The molecule has 11 heteroatoms. The summed E-state index contributed by atoms with van der Waals surface area (Å²) in [7, 11) is 0. The molecule has 0 aromatic heterocycles. The lowest BCUT2D eigenvalue weighted by Gasteiger charge is -2.40. The number of amides is 1. The number of nitrogens with one attached hydrogen (secondary N) is 1. The number of rotatable bonds is 11. The molecule has 1 aliphatic rings. The molecule has 1 rings (SSSR count). The van der Waals surface area contributed by atoms with Crippen LogP contribution in [0.3, 0.4) is 0 Å². The maximum absolute atomic E-state index is 11.9.